The van der Waals surface area contributed by atoms with Crippen LogP contribution in [0.2, 0.25) is 5.02 Å². The van der Waals surface area contributed by atoms with Crippen LogP contribution in [0, 0.1) is 6.92 Å². The van der Waals surface area contributed by atoms with Gasteiger partial charge in [0.25, 0.3) is 5.56 Å². The zero-order chi connectivity index (χ0) is 18.7. The third-order valence-corrected chi connectivity index (χ3v) is 4.81. The Morgan fingerprint density at radius 3 is 2.88 bits per heavy atom. The minimum atomic E-state index is -0.370. The Labute approximate surface area is 163 Å². The van der Waals surface area contributed by atoms with Gasteiger partial charge in [0.05, 0.1) is 21.7 Å². The number of aryl methyl sites for hydroxylation is 2. The van der Waals surface area contributed by atoms with Gasteiger partial charge in [0.15, 0.2) is 0 Å². The van der Waals surface area contributed by atoms with Crippen molar-refractivity contribution in [3.8, 4) is 5.75 Å². The molecule has 0 radical (unpaired) electrons. The van der Waals surface area contributed by atoms with E-state index in [1.807, 2.05) is 19.1 Å². The molecule has 3 rings (SSSR count). The summed E-state index contributed by atoms with van der Waals surface area (Å²) in [5, 5.41) is 1.13. The van der Waals surface area contributed by atoms with Crippen molar-refractivity contribution >= 4 is 44.4 Å². The molecule has 0 aliphatic heterocycles. The molecular weight excluding hydrogens is 420 g/mol. The number of para-hydroxylation sites is 1. The van der Waals surface area contributed by atoms with Crippen molar-refractivity contribution < 1.29 is 9.53 Å². The molecule has 0 N–H and O–H groups in total. The maximum Gasteiger partial charge on any atom is 0.311 e. The fraction of sp³-hybridized carbons (Fsp3) is 0.211. The lowest BCUT2D eigenvalue weighted by Gasteiger charge is -2.09. The first-order chi connectivity index (χ1) is 12.5. The van der Waals surface area contributed by atoms with E-state index in [0.29, 0.717) is 39.1 Å². The van der Waals surface area contributed by atoms with Gasteiger partial charge in [-0.05, 0) is 59.1 Å². The van der Waals surface area contributed by atoms with Gasteiger partial charge in [-0.15, -0.1) is 0 Å². The first-order valence-corrected chi connectivity index (χ1v) is 9.23. The Morgan fingerprint density at radius 1 is 1.31 bits per heavy atom. The molecule has 26 heavy (non-hydrogen) atoms. The van der Waals surface area contributed by atoms with Gasteiger partial charge >= 0.3 is 5.97 Å². The Morgan fingerprint density at radius 2 is 2.12 bits per heavy atom. The van der Waals surface area contributed by atoms with Crippen molar-refractivity contribution in [2.75, 3.05) is 0 Å². The van der Waals surface area contributed by atoms with Crippen molar-refractivity contribution in [2.24, 2.45) is 0 Å². The van der Waals surface area contributed by atoms with Crippen LogP contribution in [-0.4, -0.2) is 15.5 Å². The predicted octanol–water partition coefficient (Wildman–Crippen LogP) is 4.51. The van der Waals surface area contributed by atoms with Crippen LogP contribution >= 0.6 is 27.5 Å². The Bertz CT molecular complexity index is 1030. The summed E-state index contributed by atoms with van der Waals surface area (Å²) in [5.74, 6) is 0.0464. The van der Waals surface area contributed by atoms with Crippen molar-refractivity contribution in [3.05, 3.63) is 68.1 Å². The highest BCUT2D eigenvalue weighted by atomic mass is 79.9. The highest BCUT2D eigenvalue weighted by Gasteiger charge is 2.10. The van der Waals surface area contributed by atoms with E-state index >= 15 is 0 Å². The molecule has 134 valence electrons. The number of esters is 1. The highest BCUT2D eigenvalue weighted by molar-refractivity contribution is 9.10. The molecule has 1 heterocycles. The third kappa shape index (κ3) is 4.14. The summed E-state index contributed by atoms with van der Waals surface area (Å²) >= 11 is 9.17. The molecule has 1 aromatic heterocycles. The number of ether oxygens (including phenoxy) is 1. The van der Waals surface area contributed by atoms with Crippen molar-refractivity contribution in [1.29, 1.82) is 0 Å². The minimum absolute atomic E-state index is 0.104. The van der Waals surface area contributed by atoms with Crippen LogP contribution in [0.25, 0.3) is 10.9 Å². The molecule has 0 aliphatic carbocycles. The van der Waals surface area contributed by atoms with E-state index in [9.17, 15) is 9.59 Å². The molecule has 2 aromatic carbocycles. The Balaban J connectivity index is 1.63. The van der Waals surface area contributed by atoms with E-state index in [-0.39, 0.29) is 17.9 Å². The number of fused-ring (bicyclic) bond motifs is 1. The molecular formula is C19H16BrClN2O3. The van der Waals surface area contributed by atoms with E-state index in [4.69, 9.17) is 16.3 Å². The van der Waals surface area contributed by atoms with E-state index in [2.05, 4.69) is 20.9 Å². The van der Waals surface area contributed by atoms with Crippen molar-refractivity contribution in [1.82, 2.24) is 9.55 Å². The quantitative estimate of drug-likeness (QED) is 0.437. The van der Waals surface area contributed by atoms with Crippen LogP contribution in [0.1, 0.15) is 18.4 Å². The van der Waals surface area contributed by atoms with E-state index < -0.39 is 0 Å². The second kappa shape index (κ2) is 8.01. The number of carbonyl (C=O) groups excluding carboxylic acids is 1. The van der Waals surface area contributed by atoms with Gasteiger partial charge in [-0.3, -0.25) is 14.2 Å². The lowest BCUT2D eigenvalue weighted by Crippen LogP contribution is -2.21. The number of hydrogen-bond acceptors (Lipinski definition) is 4. The van der Waals surface area contributed by atoms with Crippen molar-refractivity contribution in [2.45, 2.75) is 26.3 Å². The van der Waals surface area contributed by atoms with Crippen LogP contribution in [0.5, 0.6) is 5.75 Å². The van der Waals surface area contributed by atoms with E-state index in [1.165, 1.54) is 10.9 Å². The lowest BCUT2D eigenvalue weighted by atomic mass is 10.1. The van der Waals surface area contributed by atoms with Gasteiger partial charge in [0, 0.05) is 18.0 Å². The molecule has 5 nitrogen and oxygen atoms in total. The fourth-order valence-corrected chi connectivity index (χ4v) is 3.39. The molecule has 0 atom stereocenters. The number of rotatable bonds is 5. The van der Waals surface area contributed by atoms with Crippen LogP contribution < -0.4 is 10.3 Å². The molecule has 0 aliphatic rings. The predicted molar refractivity (Wildman–Crippen MR) is 105 cm³/mol. The lowest BCUT2D eigenvalue weighted by molar-refractivity contribution is -0.134. The molecule has 0 fully saturated rings. The molecule has 0 spiro atoms. The maximum atomic E-state index is 12.5. The number of halogens is 2. The average Bonchev–Trinajstić information content (AvgIpc) is 2.60. The van der Waals surface area contributed by atoms with Crippen LogP contribution in [0.3, 0.4) is 0 Å². The third-order valence-electron chi connectivity index (χ3n) is 3.95. The zero-order valence-electron chi connectivity index (χ0n) is 14.0. The van der Waals surface area contributed by atoms with Gasteiger partial charge in [-0.2, -0.15) is 0 Å². The van der Waals surface area contributed by atoms with Gasteiger partial charge in [-0.1, -0.05) is 23.7 Å². The van der Waals surface area contributed by atoms with Gasteiger partial charge in [0.1, 0.15) is 5.75 Å². The summed E-state index contributed by atoms with van der Waals surface area (Å²) in [4.78, 5) is 28.9. The number of carbonyl (C=O) groups is 1. The summed E-state index contributed by atoms with van der Waals surface area (Å²) in [5.41, 5.74) is 1.57. The summed E-state index contributed by atoms with van der Waals surface area (Å²) in [6, 6.07) is 10.5. The summed E-state index contributed by atoms with van der Waals surface area (Å²) in [6.45, 7) is 2.32. The number of benzene rings is 2. The SMILES string of the molecule is Cc1cccc2c(=O)n(CCCC(=O)Oc3ccc(Cl)cc3Br)cnc12. The van der Waals surface area contributed by atoms with Crippen LogP contribution in [-0.2, 0) is 11.3 Å². The normalized spacial score (nSPS) is 10.9. The first-order valence-electron chi connectivity index (χ1n) is 8.06. The topological polar surface area (TPSA) is 61.2 Å². The summed E-state index contributed by atoms with van der Waals surface area (Å²) in [7, 11) is 0. The van der Waals surface area contributed by atoms with Crippen LogP contribution in [0.4, 0.5) is 0 Å². The van der Waals surface area contributed by atoms with E-state index in [1.54, 1.807) is 24.3 Å². The molecule has 0 saturated heterocycles. The molecule has 0 bridgehead atoms. The highest BCUT2D eigenvalue weighted by Crippen LogP contribution is 2.28. The van der Waals surface area contributed by atoms with Gasteiger partial charge in [-0.25, -0.2) is 4.98 Å². The monoisotopic (exact) mass is 434 g/mol. The first kappa shape index (κ1) is 18.6. The largest absolute Gasteiger partial charge is 0.425 e. The smallest absolute Gasteiger partial charge is 0.311 e. The number of nitrogens with zero attached hydrogens (tertiary/aromatic N) is 2. The summed E-state index contributed by atoms with van der Waals surface area (Å²) in [6.07, 6.45) is 2.19. The van der Waals surface area contributed by atoms with Crippen LogP contribution in [0.15, 0.2) is 52.0 Å². The maximum absolute atomic E-state index is 12.5. The molecule has 0 unspecified atom stereocenters. The Hall–Kier alpha value is -2.18. The van der Waals surface area contributed by atoms with Crippen molar-refractivity contribution in [3.63, 3.8) is 0 Å². The summed E-state index contributed by atoms with van der Waals surface area (Å²) < 4.78 is 7.44. The second-order valence-corrected chi connectivity index (χ2v) is 7.16. The molecule has 7 heteroatoms. The fourth-order valence-electron chi connectivity index (χ4n) is 2.62. The Kier molecular flexibility index (Phi) is 5.74. The van der Waals surface area contributed by atoms with Gasteiger partial charge < -0.3 is 4.74 Å². The van der Waals surface area contributed by atoms with Gasteiger partial charge in [0.2, 0.25) is 0 Å². The number of hydrogen-bond donors (Lipinski definition) is 0. The zero-order valence-corrected chi connectivity index (χ0v) is 16.4. The standard InChI is InChI=1S/C19H16BrClN2O3/c1-12-4-2-5-14-18(12)22-11-23(19(14)25)9-3-6-17(24)26-16-8-7-13(21)10-15(16)20/h2,4-5,7-8,10-11H,3,6,9H2,1H3. The molecule has 0 amide bonds. The second-order valence-electron chi connectivity index (χ2n) is 5.87. The molecule has 3 aromatic rings. The average molecular weight is 436 g/mol. The minimum Gasteiger partial charge on any atom is -0.425 e. The molecule has 0 saturated carbocycles. The number of aromatic nitrogens is 2. The van der Waals surface area contributed by atoms with E-state index in [0.717, 1.165) is 5.56 Å².